The number of aromatic nitrogens is 2. The molecule has 1 aromatic carbocycles. The number of hydrogen-bond donors (Lipinski definition) is 0. The predicted molar refractivity (Wildman–Crippen MR) is 111 cm³/mol. The van der Waals surface area contributed by atoms with Crippen LogP contribution in [0.25, 0.3) is 11.3 Å². The second-order valence-corrected chi connectivity index (χ2v) is 7.11. The molecule has 2 rings (SSSR count). The minimum atomic E-state index is 0.165. The molecule has 4 heteroatoms. The van der Waals surface area contributed by atoms with Crippen molar-refractivity contribution in [2.45, 2.75) is 78.2 Å². The molecule has 0 aliphatic rings. The van der Waals surface area contributed by atoms with Gasteiger partial charge in [-0.2, -0.15) is 0 Å². The van der Waals surface area contributed by atoms with Crippen LogP contribution in [0.3, 0.4) is 0 Å². The van der Waals surface area contributed by atoms with Gasteiger partial charge in [-0.15, -0.1) is 10.2 Å². The third-order valence-corrected chi connectivity index (χ3v) is 4.57. The summed E-state index contributed by atoms with van der Waals surface area (Å²) in [6, 6.07) is 11.9. The number of rotatable bonds is 13. The second-order valence-electron chi connectivity index (χ2n) is 7.11. The van der Waals surface area contributed by atoms with Gasteiger partial charge >= 0.3 is 0 Å². The normalized spacial score (nSPS) is 12.0. The first kappa shape index (κ1) is 21.2. The van der Waals surface area contributed by atoms with E-state index in [2.05, 4.69) is 31.0 Å². The number of hydrogen-bond acceptors (Lipinski definition) is 4. The summed E-state index contributed by atoms with van der Waals surface area (Å²) < 4.78 is 11.6. The zero-order valence-electron chi connectivity index (χ0n) is 17.1. The van der Waals surface area contributed by atoms with Gasteiger partial charge in [0.25, 0.3) is 0 Å². The molecule has 1 atom stereocenters. The second kappa shape index (κ2) is 12.3. The van der Waals surface area contributed by atoms with Crippen molar-refractivity contribution in [2.24, 2.45) is 0 Å². The topological polar surface area (TPSA) is 44.2 Å². The summed E-state index contributed by atoms with van der Waals surface area (Å²) in [6.45, 7) is 7.24. The summed E-state index contributed by atoms with van der Waals surface area (Å²) in [4.78, 5) is 0. The fourth-order valence-electron chi connectivity index (χ4n) is 3.00. The number of nitrogens with zero attached hydrogens (tertiary/aromatic N) is 2. The minimum Gasteiger partial charge on any atom is -0.494 e. The molecule has 1 aromatic heterocycles. The molecule has 148 valence electrons. The van der Waals surface area contributed by atoms with Crippen molar-refractivity contribution in [3.63, 3.8) is 0 Å². The maximum atomic E-state index is 5.83. The predicted octanol–water partition coefficient (Wildman–Crippen LogP) is 6.45. The maximum absolute atomic E-state index is 5.83. The van der Waals surface area contributed by atoms with Crippen LogP contribution in [0.1, 0.15) is 72.1 Å². The largest absolute Gasteiger partial charge is 0.494 e. The average molecular weight is 371 g/mol. The maximum Gasteiger partial charge on any atom is 0.233 e. The van der Waals surface area contributed by atoms with Crippen LogP contribution >= 0.6 is 0 Å². The molecule has 0 radical (unpaired) electrons. The molecule has 2 aromatic rings. The molecule has 0 aliphatic heterocycles. The first-order valence-electron chi connectivity index (χ1n) is 10.5. The highest BCUT2D eigenvalue weighted by molar-refractivity contribution is 5.59. The van der Waals surface area contributed by atoms with E-state index in [1.165, 1.54) is 32.1 Å². The molecule has 4 nitrogen and oxygen atoms in total. The van der Waals surface area contributed by atoms with Crippen molar-refractivity contribution in [1.29, 1.82) is 0 Å². The molecule has 1 unspecified atom stereocenters. The molecule has 0 aliphatic carbocycles. The Bertz CT molecular complexity index is 626. The summed E-state index contributed by atoms with van der Waals surface area (Å²) in [6.07, 6.45) is 9.94. The van der Waals surface area contributed by atoms with Gasteiger partial charge in [0.15, 0.2) is 0 Å². The van der Waals surface area contributed by atoms with E-state index < -0.39 is 0 Å². The van der Waals surface area contributed by atoms with E-state index in [9.17, 15) is 0 Å². The third kappa shape index (κ3) is 7.98. The van der Waals surface area contributed by atoms with Crippen LogP contribution in [0.2, 0.25) is 0 Å². The van der Waals surface area contributed by atoms with E-state index in [1.807, 2.05) is 36.4 Å². The van der Waals surface area contributed by atoms with Crippen molar-refractivity contribution in [1.82, 2.24) is 10.2 Å². The molecular formula is C23H34N2O2. The van der Waals surface area contributed by atoms with Crippen molar-refractivity contribution in [3.05, 3.63) is 36.4 Å². The molecule has 27 heavy (non-hydrogen) atoms. The average Bonchev–Trinajstić information content (AvgIpc) is 2.69. The summed E-state index contributed by atoms with van der Waals surface area (Å²) >= 11 is 0. The summed E-state index contributed by atoms with van der Waals surface area (Å²) in [5, 5.41) is 8.47. The molecule has 0 spiro atoms. The highest BCUT2D eigenvalue weighted by Crippen LogP contribution is 2.22. The summed E-state index contributed by atoms with van der Waals surface area (Å²) in [5.41, 5.74) is 1.87. The Morgan fingerprint density at radius 2 is 1.56 bits per heavy atom. The van der Waals surface area contributed by atoms with Crippen molar-refractivity contribution in [2.75, 3.05) is 6.61 Å². The standard InChI is InChI=1S/C23H34N2O2/c1-4-6-7-8-9-10-18-26-21-14-12-20(13-15-21)22-16-17-23(25-24-22)27-19(3)11-5-2/h12-17,19H,4-11,18H2,1-3H3. The zero-order chi connectivity index (χ0) is 19.3. The van der Waals surface area contributed by atoms with E-state index >= 15 is 0 Å². The number of benzene rings is 1. The van der Waals surface area contributed by atoms with Gasteiger partial charge < -0.3 is 9.47 Å². The van der Waals surface area contributed by atoms with Crippen molar-refractivity contribution in [3.8, 4) is 22.9 Å². The smallest absolute Gasteiger partial charge is 0.233 e. The lowest BCUT2D eigenvalue weighted by atomic mass is 10.1. The van der Waals surface area contributed by atoms with E-state index in [-0.39, 0.29) is 6.10 Å². The van der Waals surface area contributed by atoms with Gasteiger partial charge in [-0.3, -0.25) is 0 Å². The van der Waals surface area contributed by atoms with Gasteiger partial charge in [-0.1, -0.05) is 52.4 Å². The van der Waals surface area contributed by atoms with E-state index in [0.29, 0.717) is 5.88 Å². The fourth-order valence-corrected chi connectivity index (χ4v) is 3.00. The van der Waals surface area contributed by atoms with Crippen LogP contribution in [0, 0.1) is 0 Å². The van der Waals surface area contributed by atoms with Gasteiger partial charge in [0.1, 0.15) is 5.75 Å². The van der Waals surface area contributed by atoms with Crippen LogP contribution in [0.5, 0.6) is 11.6 Å². The van der Waals surface area contributed by atoms with Crippen LogP contribution in [-0.4, -0.2) is 22.9 Å². The molecule has 0 saturated carbocycles. The SMILES string of the molecule is CCCCCCCCOc1ccc(-c2ccc(OC(C)CCC)nn2)cc1. The van der Waals surface area contributed by atoms with Crippen LogP contribution in [0.4, 0.5) is 0 Å². The third-order valence-electron chi connectivity index (χ3n) is 4.57. The monoisotopic (exact) mass is 370 g/mol. The Labute approximate surface area is 164 Å². The number of unbranched alkanes of at least 4 members (excludes halogenated alkanes) is 5. The Morgan fingerprint density at radius 1 is 0.815 bits per heavy atom. The van der Waals surface area contributed by atoms with E-state index in [0.717, 1.165) is 42.9 Å². The molecule has 0 amide bonds. The van der Waals surface area contributed by atoms with Crippen molar-refractivity contribution >= 4 is 0 Å². The summed E-state index contributed by atoms with van der Waals surface area (Å²) in [5.74, 6) is 1.49. The Balaban J connectivity index is 1.77. The lowest BCUT2D eigenvalue weighted by molar-refractivity contribution is 0.199. The molecular weight excluding hydrogens is 336 g/mol. The van der Waals surface area contributed by atoms with E-state index in [4.69, 9.17) is 9.47 Å². The van der Waals surface area contributed by atoms with Gasteiger partial charge in [0, 0.05) is 11.6 Å². The minimum absolute atomic E-state index is 0.165. The quantitative estimate of drug-likeness (QED) is 0.380. The Hall–Kier alpha value is -2.10. The summed E-state index contributed by atoms with van der Waals surface area (Å²) in [7, 11) is 0. The zero-order valence-corrected chi connectivity index (χ0v) is 17.1. The fraction of sp³-hybridized carbons (Fsp3) is 0.565. The van der Waals surface area contributed by atoms with Crippen LogP contribution in [-0.2, 0) is 0 Å². The Kier molecular flexibility index (Phi) is 9.67. The van der Waals surface area contributed by atoms with Gasteiger partial charge in [-0.05, 0) is 50.1 Å². The Morgan fingerprint density at radius 3 is 2.22 bits per heavy atom. The van der Waals surface area contributed by atoms with Crippen LogP contribution < -0.4 is 9.47 Å². The van der Waals surface area contributed by atoms with Crippen molar-refractivity contribution < 1.29 is 9.47 Å². The van der Waals surface area contributed by atoms with Crippen LogP contribution in [0.15, 0.2) is 36.4 Å². The molecule has 1 heterocycles. The van der Waals surface area contributed by atoms with Gasteiger partial charge in [0.2, 0.25) is 5.88 Å². The van der Waals surface area contributed by atoms with Gasteiger partial charge in [0.05, 0.1) is 18.4 Å². The number of ether oxygens (including phenoxy) is 2. The first-order valence-corrected chi connectivity index (χ1v) is 10.5. The molecule has 0 saturated heterocycles. The highest BCUT2D eigenvalue weighted by atomic mass is 16.5. The van der Waals surface area contributed by atoms with E-state index in [1.54, 1.807) is 0 Å². The molecule has 0 N–H and O–H groups in total. The highest BCUT2D eigenvalue weighted by Gasteiger charge is 2.06. The first-order chi connectivity index (χ1) is 13.2. The molecule has 0 fully saturated rings. The van der Waals surface area contributed by atoms with Gasteiger partial charge in [-0.25, -0.2) is 0 Å². The lowest BCUT2D eigenvalue weighted by Gasteiger charge is -2.12. The lowest BCUT2D eigenvalue weighted by Crippen LogP contribution is -2.12. The molecule has 0 bridgehead atoms.